The first-order chi connectivity index (χ1) is 9.47. The lowest BCUT2D eigenvalue weighted by Crippen LogP contribution is -2.42. The molecular weight excluding hydrogens is 252 g/mol. The van der Waals surface area contributed by atoms with Gasteiger partial charge in [-0.1, -0.05) is 27.7 Å². The molecule has 0 saturated carbocycles. The molecule has 0 radical (unpaired) electrons. The van der Waals surface area contributed by atoms with Gasteiger partial charge in [0.2, 0.25) is 5.91 Å². The van der Waals surface area contributed by atoms with E-state index in [2.05, 4.69) is 34.8 Å². The maximum atomic E-state index is 11.4. The van der Waals surface area contributed by atoms with Gasteiger partial charge in [0, 0.05) is 32.1 Å². The average Bonchev–Trinajstić information content (AvgIpc) is 2.38. The topological polar surface area (TPSA) is 65.5 Å². The van der Waals surface area contributed by atoms with Gasteiger partial charge in [-0.15, -0.1) is 0 Å². The lowest BCUT2D eigenvalue weighted by atomic mass is 10.1. The van der Waals surface area contributed by atoms with E-state index in [1.54, 1.807) is 0 Å². The Morgan fingerprint density at radius 3 is 2.25 bits per heavy atom. The molecule has 0 spiro atoms. The highest BCUT2D eigenvalue weighted by Gasteiger charge is 2.05. The lowest BCUT2D eigenvalue weighted by Gasteiger charge is -2.12. The molecular formula is C15H32N4O. The van der Waals surface area contributed by atoms with Gasteiger partial charge in [-0.2, -0.15) is 0 Å². The third-order valence-electron chi connectivity index (χ3n) is 2.79. The van der Waals surface area contributed by atoms with E-state index < -0.39 is 0 Å². The van der Waals surface area contributed by atoms with Gasteiger partial charge in [-0.05, 0) is 25.7 Å². The first-order valence-corrected chi connectivity index (χ1v) is 7.77. The molecule has 3 N–H and O–H groups in total. The smallest absolute Gasteiger partial charge is 0.222 e. The number of hydrogen-bond donors (Lipinski definition) is 3. The Bertz CT molecular complexity index is 288. The largest absolute Gasteiger partial charge is 0.357 e. The van der Waals surface area contributed by atoms with Crippen LogP contribution in [0.5, 0.6) is 0 Å². The van der Waals surface area contributed by atoms with Crippen LogP contribution in [0.3, 0.4) is 0 Å². The van der Waals surface area contributed by atoms with Crippen LogP contribution in [0.2, 0.25) is 0 Å². The first kappa shape index (κ1) is 18.7. The molecule has 0 atom stereocenters. The molecule has 5 heteroatoms. The quantitative estimate of drug-likeness (QED) is 0.343. The number of nitrogens with one attached hydrogen (secondary N) is 3. The van der Waals surface area contributed by atoms with Crippen LogP contribution in [0.4, 0.5) is 0 Å². The van der Waals surface area contributed by atoms with Crippen LogP contribution < -0.4 is 16.0 Å². The lowest BCUT2D eigenvalue weighted by molar-refractivity contribution is -0.123. The molecule has 0 aliphatic rings. The zero-order valence-electron chi connectivity index (χ0n) is 13.8. The van der Waals surface area contributed by atoms with Gasteiger partial charge in [0.1, 0.15) is 0 Å². The summed E-state index contributed by atoms with van der Waals surface area (Å²) in [5.74, 6) is 1.68. The van der Waals surface area contributed by atoms with Crippen LogP contribution in [-0.2, 0) is 4.79 Å². The van der Waals surface area contributed by atoms with Crippen molar-refractivity contribution >= 4 is 11.9 Å². The van der Waals surface area contributed by atoms with E-state index in [0.717, 1.165) is 31.4 Å². The Morgan fingerprint density at radius 1 is 1.05 bits per heavy atom. The minimum atomic E-state index is 0.0351. The molecule has 0 rings (SSSR count). The van der Waals surface area contributed by atoms with E-state index in [1.165, 1.54) is 6.42 Å². The third kappa shape index (κ3) is 10.6. The normalized spacial score (nSPS) is 11.8. The zero-order chi connectivity index (χ0) is 15.4. The summed E-state index contributed by atoms with van der Waals surface area (Å²) in [7, 11) is 0. The Morgan fingerprint density at radius 2 is 1.70 bits per heavy atom. The molecule has 0 aliphatic heterocycles. The van der Waals surface area contributed by atoms with Crippen molar-refractivity contribution in [3.8, 4) is 0 Å². The second-order valence-corrected chi connectivity index (χ2v) is 5.67. The monoisotopic (exact) mass is 284 g/mol. The molecule has 0 heterocycles. The zero-order valence-corrected chi connectivity index (χ0v) is 13.8. The Hall–Kier alpha value is -1.26. The Labute approximate surface area is 124 Å². The standard InChI is InChI=1S/C15H32N4O/c1-6-16-15(18-9-7-8-12(2)3)19-11-10-17-14(20)13(4)5/h12-13H,6-11H2,1-5H3,(H,17,20)(H2,16,18,19). The average molecular weight is 284 g/mol. The highest BCUT2D eigenvalue weighted by molar-refractivity contribution is 5.80. The molecule has 0 aliphatic carbocycles. The summed E-state index contributed by atoms with van der Waals surface area (Å²) in [6, 6.07) is 0. The number of carbonyl (C=O) groups is 1. The SMILES string of the molecule is CCNC(=NCCCC(C)C)NCCNC(=O)C(C)C. The van der Waals surface area contributed by atoms with Gasteiger partial charge >= 0.3 is 0 Å². The van der Waals surface area contributed by atoms with E-state index in [9.17, 15) is 4.79 Å². The minimum absolute atomic E-state index is 0.0351. The number of nitrogens with zero attached hydrogens (tertiary/aromatic N) is 1. The molecule has 20 heavy (non-hydrogen) atoms. The second-order valence-electron chi connectivity index (χ2n) is 5.67. The molecule has 0 saturated heterocycles. The van der Waals surface area contributed by atoms with Crippen molar-refractivity contribution in [2.45, 2.75) is 47.5 Å². The predicted octanol–water partition coefficient (Wildman–Crippen LogP) is 1.75. The van der Waals surface area contributed by atoms with E-state index in [4.69, 9.17) is 0 Å². The van der Waals surface area contributed by atoms with Crippen LogP contribution in [-0.4, -0.2) is 38.0 Å². The van der Waals surface area contributed by atoms with Crippen molar-refractivity contribution in [2.24, 2.45) is 16.8 Å². The molecule has 5 nitrogen and oxygen atoms in total. The summed E-state index contributed by atoms with van der Waals surface area (Å²) >= 11 is 0. The van der Waals surface area contributed by atoms with Crippen molar-refractivity contribution in [3.63, 3.8) is 0 Å². The number of guanidine groups is 1. The number of amides is 1. The van der Waals surface area contributed by atoms with Crippen LogP contribution in [0.25, 0.3) is 0 Å². The molecule has 0 bridgehead atoms. The predicted molar refractivity (Wildman–Crippen MR) is 85.9 cm³/mol. The summed E-state index contributed by atoms with van der Waals surface area (Å²) < 4.78 is 0. The highest BCUT2D eigenvalue weighted by atomic mass is 16.1. The fourth-order valence-electron chi connectivity index (χ4n) is 1.60. The van der Waals surface area contributed by atoms with Gasteiger partial charge in [-0.3, -0.25) is 9.79 Å². The second kappa shape index (κ2) is 11.6. The molecule has 0 aromatic carbocycles. The minimum Gasteiger partial charge on any atom is -0.357 e. The van der Waals surface area contributed by atoms with Crippen molar-refractivity contribution in [3.05, 3.63) is 0 Å². The number of rotatable bonds is 9. The maximum Gasteiger partial charge on any atom is 0.222 e. The molecule has 0 aromatic heterocycles. The first-order valence-electron chi connectivity index (χ1n) is 7.77. The summed E-state index contributed by atoms with van der Waals surface area (Å²) in [5.41, 5.74) is 0. The van der Waals surface area contributed by atoms with Gasteiger partial charge in [0.15, 0.2) is 5.96 Å². The van der Waals surface area contributed by atoms with Gasteiger partial charge in [-0.25, -0.2) is 0 Å². The molecule has 0 fully saturated rings. The molecule has 0 aromatic rings. The highest BCUT2D eigenvalue weighted by Crippen LogP contribution is 2.02. The summed E-state index contributed by atoms with van der Waals surface area (Å²) in [4.78, 5) is 15.9. The van der Waals surface area contributed by atoms with Gasteiger partial charge in [0.05, 0.1) is 0 Å². The van der Waals surface area contributed by atoms with Crippen LogP contribution in [0, 0.1) is 11.8 Å². The third-order valence-corrected chi connectivity index (χ3v) is 2.79. The Balaban J connectivity index is 3.89. The van der Waals surface area contributed by atoms with E-state index in [1.807, 2.05) is 20.8 Å². The maximum absolute atomic E-state index is 11.4. The molecule has 118 valence electrons. The molecule has 0 unspecified atom stereocenters. The Kier molecular flexibility index (Phi) is 10.8. The number of hydrogen-bond acceptors (Lipinski definition) is 2. The van der Waals surface area contributed by atoms with Gasteiger partial charge < -0.3 is 16.0 Å². The molecule has 1 amide bonds. The van der Waals surface area contributed by atoms with Crippen molar-refractivity contribution in [1.82, 2.24) is 16.0 Å². The number of carbonyl (C=O) groups excluding carboxylic acids is 1. The van der Waals surface area contributed by atoms with Crippen molar-refractivity contribution in [1.29, 1.82) is 0 Å². The van der Waals surface area contributed by atoms with Crippen LogP contribution >= 0.6 is 0 Å². The van der Waals surface area contributed by atoms with Crippen LogP contribution in [0.15, 0.2) is 4.99 Å². The van der Waals surface area contributed by atoms with Gasteiger partial charge in [0.25, 0.3) is 0 Å². The number of aliphatic imine (C=N–C) groups is 1. The summed E-state index contributed by atoms with van der Waals surface area (Å²) in [6.45, 7) is 13.3. The summed E-state index contributed by atoms with van der Waals surface area (Å²) in [6.07, 6.45) is 2.31. The van der Waals surface area contributed by atoms with Crippen molar-refractivity contribution < 1.29 is 4.79 Å². The van der Waals surface area contributed by atoms with Crippen molar-refractivity contribution in [2.75, 3.05) is 26.2 Å². The summed E-state index contributed by atoms with van der Waals surface area (Å²) in [5, 5.41) is 9.31. The van der Waals surface area contributed by atoms with Crippen LogP contribution in [0.1, 0.15) is 47.5 Å². The fourth-order valence-corrected chi connectivity index (χ4v) is 1.60. The van der Waals surface area contributed by atoms with E-state index >= 15 is 0 Å². The van der Waals surface area contributed by atoms with E-state index in [-0.39, 0.29) is 11.8 Å². The van der Waals surface area contributed by atoms with E-state index in [0.29, 0.717) is 13.1 Å². The fraction of sp³-hybridized carbons (Fsp3) is 0.867.